The van der Waals surface area contributed by atoms with E-state index in [-0.39, 0.29) is 12.1 Å². The van der Waals surface area contributed by atoms with Gasteiger partial charge in [-0.2, -0.15) is 0 Å². The fraction of sp³-hybridized carbons (Fsp3) is 0.471. The lowest BCUT2D eigenvalue weighted by Gasteiger charge is -2.23. The predicted molar refractivity (Wildman–Crippen MR) is 87.9 cm³/mol. The Bertz CT molecular complexity index is 689. The van der Waals surface area contributed by atoms with Crippen LogP contribution in [0.2, 0.25) is 0 Å². The minimum absolute atomic E-state index is 0.0946. The number of urea groups is 1. The van der Waals surface area contributed by atoms with Gasteiger partial charge in [0.25, 0.3) is 0 Å². The SMILES string of the molecule is CCc1oc2c(NC(=O)NC[C@H]3COCCO3)cccc2c1C. The molecule has 6 heteroatoms. The Morgan fingerprint density at radius 2 is 2.22 bits per heavy atom. The minimum Gasteiger partial charge on any atom is -0.459 e. The number of carbonyl (C=O) groups excluding carboxylic acids is 1. The number of hydrogen-bond acceptors (Lipinski definition) is 4. The van der Waals surface area contributed by atoms with Crippen LogP contribution in [0.5, 0.6) is 0 Å². The Balaban J connectivity index is 1.67. The normalized spacial score (nSPS) is 18.1. The van der Waals surface area contributed by atoms with E-state index in [2.05, 4.69) is 17.6 Å². The Labute approximate surface area is 135 Å². The number of para-hydroxylation sites is 1. The molecule has 0 bridgehead atoms. The predicted octanol–water partition coefficient (Wildman–Crippen LogP) is 2.84. The van der Waals surface area contributed by atoms with Crippen molar-refractivity contribution in [2.24, 2.45) is 0 Å². The first-order valence-corrected chi connectivity index (χ1v) is 7.94. The lowest BCUT2D eigenvalue weighted by Crippen LogP contribution is -2.41. The van der Waals surface area contributed by atoms with E-state index in [1.165, 1.54) is 0 Å². The highest BCUT2D eigenvalue weighted by molar-refractivity contribution is 6.00. The quantitative estimate of drug-likeness (QED) is 0.909. The van der Waals surface area contributed by atoms with E-state index in [1.54, 1.807) is 0 Å². The first-order valence-electron chi connectivity index (χ1n) is 7.94. The molecule has 1 aromatic heterocycles. The van der Waals surface area contributed by atoms with Crippen molar-refractivity contribution in [3.05, 3.63) is 29.5 Å². The molecule has 0 spiro atoms. The summed E-state index contributed by atoms with van der Waals surface area (Å²) >= 11 is 0. The summed E-state index contributed by atoms with van der Waals surface area (Å²) in [5.74, 6) is 0.947. The van der Waals surface area contributed by atoms with Crippen molar-refractivity contribution < 1.29 is 18.7 Å². The van der Waals surface area contributed by atoms with Crippen LogP contribution in [0.25, 0.3) is 11.0 Å². The highest BCUT2D eigenvalue weighted by Crippen LogP contribution is 2.31. The molecule has 0 radical (unpaired) electrons. The van der Waals surface area contributed by atoms with E-state index in [9.17, 15) is 4.79 Å². The lowest BCUT2D eigenvalue weighted by atomic mass is 10.1. The molecule has 6 nitrogen and oxygen atoms in total. The van der Waals surface area contributed by atoms with Gasteiger partial charge < -0.3 is 24.5 Å². The Morgan fingerprint density at radius 3 is 2.96 bits per heavy atom. The van der Waals surface area contributed by atoms with Gasteiger partial charge in [-0.1, -0.05) is 19.1 Å². The van der Waals surface area contributed by atoms with Gasteiger partial charge in [-0.25, -0.2) is 4.79 Å². The van der Waals surface area contributed by atoms with Gasteiger partial charge in [0.15, 0.2) is 5.58 Å². The van der Waals surface area contributed by atoms with Gasteiger partial charge in [0.1, 0.15) is 5.76 Å². The average Bonchev–Trinajstić information content (AvgIpc) is 2.91. The summed E-state index contributed by atoms with van der Waals surface area (Å²) < 4.78 is 16.7. The van der Waals surface area contributed by atoms with Crippen LogP contribution in [-0.2, 0) is 15.9 Å². The summed E-state index contributed by atoms with van der Waals surface area (Å²) in [6.45, 7) is 6.19. The molecule has 0 aliphatic carbocycles. The summed E-state index contributed by atoms with van der Waals surface area (Å²) in [6.07, 6.45) is 0.730. The van der Waals surface area contributed by atoms with Gasteiger partial charge in [-0.15, -0.1) is 0 Å². The number of carbonyl (C=O) groups is 1. The van der Waals surface area contributed by atoms with Crippen LogP contribution < -0.4 is 10.6 Å². The van der Waals surface area contributed by atoms with Crippen LogP contribution >= 0.6 is 0 Å². The molecule has 2 amide bonds. The molecule has 1 aliphatic heterocycles. The Kier molecular flexibility index (Phi) is 4.83. The maximum atomic E-state index is 12.1. The standard InChI is InChI=1S/C17H22N2O4/c1-3-15-11(2)13-5-4-6-14(16(13)23-15)19-17(20)18-9-12-10-21-7-8-22-12/h4-6,12H,3,7-10H2,1-2H3,(H2,18,19,20)/t12-/m0/s1. The van der Waals surface area contributed by atoms with E-state index in [1.807, 2.05) is 25.1 Å². The molecule has 3 rings (SSSR count). The zero-order chi connectivity index (χ0) is 16.2. The number of aryl methyl sites for hydroxylation is 2. The smallest absolute Gasteiger partial charge is 0.319 e. The van der Waals surface area contributed by atoms with E-state index >= 15 is 0 Å². The maximum absolute atomic E-state index is 12.1. The van der Waals surface area contributed by atoms with Gasteiger partial charge in [0.05, 0.1) is 31.6 Å². The van der Waals surface area contributed by atoms with Crippen LogP contribution in [0.4, 0.5) is 10.5 Å². The van der Waals surface area contributed by atoms with Crippen LogP contribution in [0.3, 0.4) is 0 Å². The number of fused-ring (bicyclic) bond motifs is 1. The topological polar surface area (TPSA) is 72.7 Å². The van der Waals surface area contributed by atoms with Crippen molar-refractivity contribution in [3.63, 3.8) is 0 Å². The zero-order valence-corrected chi connectivity index (χ0v) is 13.5. The lowest BCUT2D eigenvalue weighted by molar-refractivity contribution is -0.0852. The fourth-order valence-electron chi connectivity index (χ4n) is 2.76. The minimum atomic E-state index is -0.279. The van der Waals surface area contributed by atoms with Crippen LogP contribution in [0.1, 0.15) is 18.2 Å². The highest BCUT2D eigenvalue weighted by atomic mass is 16.6. The molecule has 0 unspecified atom stereocenters. The third-order valence-corrected chi connectivity index (χ3v) is 4.01. The maximum Gasteiger partial charge on any atom is 0.319 e. The molecule has 1 aromatic carbocycles. The molecule has 2 aromatic rings. The van der Waals surface area contributed by atoms with Crippen LogP contribution in [-0.4, -0.2) is 38.5 Å². The van der Waals surface area contributed by atoms with Crippen molar-refractivity contribution in [1.29, 1.82) is 0 Å². The van der Waals surface area contributed by atoms with Gasteiger partial charge >= 0.3 is 6.03 Å². The van der Waals surface area contributed by atoms with Crippen molar-refractivity contribution in [1.82, 2.24) is 5.32 Å². The third-order valence-electron chi connectivity index (χ3n) is 4.01. The van der Waals surface area contributed by atoms with Gasteiger partial charge in [-0.3, -0.25) is 0 Å². The second kappa shape index (κ2) is 7.02. The second-order valence-corrected chi connectivity index (χ2v) is 5.59. The fourth-order valence-corrected chi connectivity index (χ4v) is 2.76. The third kappa shape index (κ3) is 3.48. The number of furan rings is 1. The molecule has 1 atom stereocenters. The average molecular weight is 318 g/mol. The van der Waals surface area contributed by atoms with E-state index in [0.717, 1.165) is 23.1 Å². The summed E-state index contributed by atoms with van der Waals surface area (Å²) in [4.78, 5) is 12.1. The molecule has 1 saturated heterocycles. The molecule has 2 heterocycles. The first-order chi connectivity index (χ1) is 11.2. The number of ether oxygens (including phenoxy) is 2. The van der Waals surface area contributed by atoms with Crippen molar-refractivity contribution in [3.8, 4) is 0 Å². The van der Waals surface area contributed by atoms with E-state index in [4.69, 9.17) is 13.9 Å². The molecule has 0 saturated carbocycles. The molecule has 23 heavy (non-hydrogen) atoms. The van der Waals surface area contributed by atoms with Gasteiger partial charge in [-0.05, 0) is 18.6 Å². The van der Waals surface area contributed by atoms with Crippen molar-refractivity contribution in [2.45, 2.75) is 26.4 Å². The second-order valence-electron chi connectivity index (χ2n) is 5.59. The number of benzene rings is 1. The molecular formula is C17H22N2O4. The molecule has 124 valence electrons. The number of amides is 2. The van der Waals surface area contributed by atoms with Crippen LogP contribution in [0.15, 0.2) is 22.6 Å². The Morgan fingerprint density at radius 1 is 1.35 bits per heavy atom. The molecular weight excluding hydrogens is 296 g/mol. The summed E-state index contributed by atoms with van der Waals surface area (Å²) in [6, 6.07) is 5.48. The van der Waals surface area contributed by atoms with Gasteiger partial charge in [0, 0.05) is 18.4 Å². The number of anilines is 1. The molecule has 1 aliphatic rings. The van der Waals surface area contributed by atoms with Crippen molar-refractivity contribution in [2.75, 3.05) is 31.7 Å². The monoisotopic (exact) mass is 318 g/mol. The van der Waals surface area contributed by atoms with E-state index in [0.29, 0.717) is 37.6 Å². The first kappa shape index (κ1) is 15.8. The van der Waals surface area contributed by atoms with Gasteiger partial charge in [0.2, 0.25) is 0 Å². The summed E-state index contributed by atoms with van der Waals surface area (Å²) in [5, 5.41) is 6.68. The molecule has 1 fully saturated rings. The summed E-state index contributed by atoms with van der Waals surface area (Å²) in [7, 11) is 0. The largest absolute Gasteiger partial charge is 0.459 e. The number of nitrogens with one attached hydrogen (secondary N) is 2. The summed E-state index contributed by atoms with van der Waals surface area (Å²) in [5.41, 5.74) is 2.51. The molecule has 2 N–H and O–H groups in total. The zero-order valence-electron chi connectivity index (χ0n) is 13.5. The Hall–Kier alpha value is -2.05. The van der Waals surface area contributed by atoms with Crippen molar-refractivity contribution >= 4 is 22.7 Å². The van der Waals surface area contributed by atoms with E-state index < -0.39 is 0 Å². The van der Waals surface area contributed by atoms with Crippen LogP contribution in [0, 0.1) is 6.92 Å². The number of hydrogen-bond donors (Lipinski definition) is 2. The number of rotatable bonds is 4. The highest BCUT2D eigenvalue weighted by Gasteiger charge is 2.17.